The average Bonchev–Trinajstić information content (AvgIpc) is 3.23. The third kappa shape index (κ3) is 8.08. The lowest BCUT2D eigenvalue weighted by atomic mass is 10.1. The van der Waals surface area contributed by atoms with Crippen LogP contribution in [-0.4, -0.2) is 48.4 Å². The Labute approximate surface area is 166 Å². The smallest absolute Gasteiger partial charge is 0.306 e. The molecule has 0 radical (unpaired) electrons. The molecule has 1 aliphatic rings. The molecule has 1 fully saturated rings. The van der Waals surface area contributed by atoms with Crippen LogP contribution in [0.15, 0.2) is 30.3 Å². The molecule has 1 saturated heterocycles. The van der Waals surface area contributed by atoms with Crippen LogP contribution in [0.3, 0.4) is 0 Å². The third-order valence-electron chi connectivity index (χ3n) is 4.84. The van der Waals surface area contributed by atoms with Crippen molar-refractivity contribution < 1.29 is 19.1 Å². The highest BCUT2D eigenvalue weighted by Gasteiger charge is 2.26. The van der Waals surface area contributed by atoms with E-state index in [2.05, 4.69) is 5.32 Å². The maximum atomic E-state index is 12.6. The van der Waals surface area contributed by atoms with Gasteiger partial charge >= 0.3 is 5.97 Å². The van der Waals surface area contributed by atoms with E-state index >= 15 is 0 Å². The molecule has 154 valence electrons. The molecule has 0 saturated carbocycles. The summed E-state index contributed by atoms with van der Waals surface area (Å²) in [5, 5.41) is 3.23. The number of hydrogen-bond donors (Lipinski definition) is 2. The van der Waals surface area contributed by atoms with E-state index in [0.29, 0.717) is 25.8 Å². The summed E-state index contributed by atoms with van der Waals surface area (Å²) in [6.45, 7) is 2.45. The molecule has 1 aromatic carbocycles. The van der Waals surface area contributed by atoms with Gasteiger partial charge in [-0.15, -0.1) is 0 Å². The first kappa shape index (κ1) is 21.9. The minimum Gasteiger partial charge on any atom is -0.461 e. The van der Waals surface area contributed by atoms with Gasteiger partial charge in [0.2, 0.25) is 11.8 Å². The molecule has 0 bridgehead atoms. The van der Waals surface area contributed by atoms with Crippen molar-refractivity contribution in [1.29, 1.82) is 0 Å². The van der Waals surface area contributed by atoms with Crippen LogP contribution >= 0.6 is 0 Å². The molecule has 28 heavy (non-hydrogen) atoms. The summed E-state index contributed by atoms with van der Waals surface area (Å²) in [4.78, 5) is 37.3. The molecule has 0 aliphatic carbocycles. The number of amides is 2. The van der Waals surface area contributed by atoms with Crippen LogP contribution in [0.5, 0.6) is 0 Å². The van der Waals surface area contributed by atoms with Crippen molar-refractivity contribution in [2.45, 2.75) is 57.6 Å². The summed E-state index contributed by atoms with van der Waals surface area (Å²) >= 11 is 0. The van der Waals surface area contributed by atoms with Crippen molar-refractivity contribution in [1.82, 2.24) is 10.2 Å². The summed E-state index contributed by atoms with van der Waals surface area (Å²) in [6, 6.07) is 9.18. The number of nitrogens with zero attached hydrogens (tertiary/aromatic N) is 1. The molecule has 1 heterocycles. The molecule has 3 N–H and O–H groups in total. The van der Waals surface area contributed by atoms with Gasteiger partial charge in [-0.05, 0) is 44.2 Å². The summed E-state index contributed by atoms with van der Waals surface area (Å²) in [5.41, 5.74) is 6.20. The monoisotopic (exact) mass is 389 g/mol. The van der Waals surface area contributed by atoms with Gasteiger partial charge in [0.1, 0.15) is 6.61 Å². The van der Waals surface area contributed by atoms with Crippen LogP contribution < -0.4 is 11.1 Å². The van der Waals surface area contributed by atoms with Crippen molar-refractivity contribution in [2.75, 3.05) is 19.6 Å². The van der Waals surface area contributed by atoms with Crippen molar-refractivity contribution in [3.05, 3.63) is 35.9 Å². The quantitative estimate of drug-likeness (QED) is 0.419. The van der Waals surface area contributed by atoms with Crippen LogP contribution in [0.4, 0.5) is 0 Å². The normalized spacial score (nSPS) is 14.6. The largest absolute Gasteiger partial charge is 0.461 e. The molecule has 2 amide bonds. The molecular formula is C21H31N3O4. The summed E-state index contributed by atoms with van der Waals surface area (Å²) in [6.07, 6.45) is 4.42. The number of esters is 1. The summed E-state index contributed by atoms with van der Waals surface area (Å²) in [7, 11) is 0. The van der Waals surface area contributed by atoms with Crippen molar-refractivity contribution in [3.63, 3.8) is 0 Å². The lowest BCUT2D eigenvalue weighted by Gasteiger charge is -2.24. The van der Waals surface area contributed by atoms with E-state index in [-0.39, 0.29) is 24.9 Å². The predicted molar refractivity (Wildman–Crippen MR) is 106 cm³/mol. The van der Waals surface area contributed by atoms with Gasteiger partial charge in [0, 0.05) is 25.9 Å². The zero-order valence-electron chi connectivity index (χ0n) is 16.4. The van der Waals surface area contributed by atoms with E-state index in [1.165, 1.54) is 0 Å². The van der Waals surface area contributed by atoms with Crippen molar-refractivity contribution in [3.8, 4) is 0 Å². The Morgan fingerprint density at radius 2 is 1.79 bits per heavy atom. The number of benzene rings is 1. The highest BCUT2D eigenvalue weighted by atomic mass is 16.5. The Balaban J connectivity index is 1.64. The molecular weight excluding hydrogens is 358 g/mol. The average molecular weight is 389 g/mol. The molecule has 0 spiro atoms. The molecule has 7 heteroatoms. The van der Waals surface area contributed by atoms with E-state index in [4.69, 9.17) is 10.5 Å². The minimum atomic E-state index is -0.401. The highest BCUT2D eigenvalue weighted by molar-refractivity contribution is 5.83. The Bertz CT molecular complexity index is 630. The number of rotatable bonds is 12. The van der Waals surface area contributed by atoms with Gasteiger partial charge in [-0.3, -0.25) is 14.4 Å². The highest BCUT2D eigenvalue weighted by Crippen LogP contribution is 2.12. The first-order valence-corrected chi connectivity index (χ1v) is 10.1. The number of nitrogens with one attached hydrogen (secondary N) is 1. The van der Waals surface area contributed by atoms with Gasteiger partial charge in [0.05, 0.1) is 6.04 Å². The molecule has 2 rings (SSSR count). The number of hydrogen-bond acceptors (Lipinski definition) is 5. The van der Waals surface area contributed by atoms with Gasteiger partial charge in [0.15, 0.2) is 0 Å². The topological polar surface area (TPSA) is 102 Å². The lowest BCUT2D eigenvalue weighted by molar-refractivity contribution is -0.145. The standard InChI is InChI=1S/C21H31N3O4/c22-19(25)12-11-18(21(27)24-14-6-7-15-24)23-13-5-4-10-20(26)28-16-17-8-2-1-3-9-17/h1-3,8-9,18,23H,4-7,10-16H2,(H2,22,25). The van der Waals surface area contributed by atoms with Gasteiger partial charge in [-0.2, -0.15) is 0 Å². The van der Waals surface area contributed by atoms with E-state index in [1.54, 1.807) is 0 Å². The Kier molecular flexibility index (Phi) is 9.48. The second-order valence-corrected chi connectivity index (χ2v) is 7.15. The lowest BCUT2D eigenvalue weighted by Crippen LogP contribution is -2.46. The first-order valence-electron chi connectivity index (χ1n) is 10.1. The molecule has 7 nitrogen and oxygen atoms in total. The number of carbonyl (C=O) groups excluding carboxylic acids is 3. The fourth-order valence-corrected chi connectivity index (χ4v) is 3.24. The second kappa shape index (κ2) is 12.1. The van der Waals surface area contributed by atoms with Crippen LogP contribution in [0.25, 0.3) is 0 Å². The number of likely N-dealkylation sites (tertiary alicyclic amines) is 1. The maximum absolute atomic E-state index is 12.6. The second-order valence-electron chi connectivity index (χ2n) is 7.15. The molecule has 1 unspecified atom stereocenters. The Morgan fingerprint density at radius 3 is 2.46 bits per heavy atom. The number of carbonyl (C=O) groups is 3. The van der Waals surface area contributed by atoms with Crippen molar-refractivity contribution in [2.24, 2.45) is 5.73 Å². The molecule has 0 aromatic heterocycles. The first-order chi connectivity index (χ1) is 13.6. The number of ether oxygens (including phenoxy) is 1. The Morgan fingerprint density at radius 1 is 1.07 bits per heavy atom. The van der Waals surface area contributed by atoms with Gasteiger partial charge in [-0.1, -0.05) is 30.3 Å². The van der Waals surface area contributed by atoms with Crippen LogP contribution in [0.1, 0.15) is 50.5 Å². The summed E-state index contributed by atoms with van der Waals surface area (Å²) < 4.78 is 5.25. The van der Waals surface area contributed by atoms with E-state index in [1.807, 2.05) is 35.2 Å². The van der Waals surface area contributed by atoms with Gasteiger partial charge in [0.25, 0.3) is 0 Å². The Hall–Kier alpha value is -2.41. The van der Waals surface area contributed by atoms with E-state index in [0.717, 1.165) is 37.9 Å². The predicted octanol–water partition coefficient (Wildman–Crippen LogP) is 1.75. The molecule has 1 atom stereocenters. The zero-order valence-corrected chi connectivity index (χ0v) is 16.4. The van der Waals surface area contributed by atoms with E-state index in [9.17, 15) is 14.4 Å². The maximum Gasteiger partial charge on any atom is 0.306 e. The van der Waals surface area contributed by atoms with Crippen molar-refractivity contribution >= 4 is 17.8 Å². The van der Waals surface area contributed by atoms with E-state index < -0.39 is 11.9 Å². The van der Waals surface area contributed by atoms with Crippen LogP contribution in [0, 0.1) is 0 Å². The zero-order chi connectivity index (χ0) is 20.2. The van der Waals surface area contributed by atoms with Crippen LogP contribution in [-0.2, 0) is 25.7 Å². The fourth-order valence-electron chi connectivity index (χ4n) is 3.24. The molecule has 1 aromatic rings. The molecule has 1 aliphatic heterocycles. The number of nitrogens with two attached hydrogens (primary N) is 1. The van der Waals surface area contributed by atoms with Gasteiger partial charge in [-0.25, -0.2) is 0 Å². The number of unbranched alkanes of at least 4 members (excludes halogenated alkanes) is 1. The summed E-state index contributed by atoms with van der Waals surface area (Å²) in [5.74, 6) is -0.578. The fraction of sp³-hybridized carbons (Fsp3) is 0.571. The third-order valence-corrected chi connectivity index (χ3v) is 4.84. The number of primary amides is 1. The SMILES string of the molecule is NC(=O)CCC(NCCCCC(=O)OCc1ccccc1)C(=O)N1CCCC1. The van der Waals surface area contributed by atoms with Gasteiger partial charge < -0.3 is 20.7 Å². The van der Waals surface area contributed by atoms with Crippen LogP contribution in [0.2, 0.25) is 0 Å². The minimum absolute atomic E-state index is 0.0426.